The van der Waals surface area contributed by atoms with Gasteiger partial charge in [-0.25, -0.2) is 0 Å². The van der Waals surface area contributed by atoms with Crippen LogP contribution in [0.5, 0.6) is 0 Å². The fourth-order valence-corrected chi connectivity index (χ4v) is 2.94. The second-order valence-corrected chi connectivity index (χ2v) is 7.18. The van der Waals surface area contributed by atoms with Gasteiger partial charge in [0.05, 0.1) is 0 Å². The van der Waals surface area contributed by atoms with Crippen molar-refractivity contribution in [1.82, 2.24) is 5.32 Å². The van der Waals surface area contributed by atoms with Crippen LogP contribution >= 0.6 is 35.0 Å². The molecule has 0 aliphatic carbocycles. The van der Waals surface area contributed by atoms with Crippen LogP contribution in [0.4, 0.5) is 0 Å². The molecule has 106 valence electrons. The molecular weight excluding hydrogens is 301 g/mol. The van der Waals surface area contributed by atoms with Crippen LogP contribution < -0.4 is 5.32 Å². The summed E-state index contributed by atoms with van der Waals surface area (Å²) in [6, 6.07) is 5.51. The zero-order chi connectivity index (χ0) is 14.5. The van der Waals surface area contributed by atoms with Gasteiger partial charge in [0.25, 0.3) is 0 Å². The normalized spacial score (nSPS) is 11.4. The van der Waals surface area contributed by atoms with E-state index < -0.39 is 0 Å². The van der Waals surface area contributed by atoms with Crippen molar-refractivity contribution in [2.45, 2.75) is 26.5 Å². The van der Waals surface area contributed by atoms with Gasteiger partial charge in [-0.15, -0.1) is 0 Å². The van der Waals surface area contributed by atoms with Gasteiger partial charge in [0, 0.05) is 33.5 Å². The Kier molecular flexibility index (Phi) is 6.51. The molecule has 1 rings (SSSR count). The van der Waals surface area contributed by atoms with E-state index in [2.05, 4.69) is 5.32 Å². The highest BCUT2D eigenvalue weighted by Gasteiger charge is 2.20. The Bertz CT molecular complexity index is 423. The highest BCUT2D eigenvalue weighted by atomic mass is 35.5. The van der Waals surface area contributed by atoms with E-state index in [1.165, 1.54) is 0 Å². The summed E-state index contributed by atoms with van der Waals surface area (Å²) in [5, 5.41) is 4.30. The molecule has 0 bridgehead atoms. The molecule has 0 fully saturated rings. The van der Waals surface area contributed by atoms with Gasteiger partial charge in [-0.1, -0.05) is 50.0 Å². The van der Waals surface area contributed by atoms with Gasteiger partial charge in [-0.05, 0) is 17.7 Å². The Morgan fingerprint density at radius 1 is 1.26 bits per heavy atom. The number of benzene rings is 1. The van der Waals surface area contributed by atoms with Gasteiger partial charge in [-0.3, -0.25) is 4.79 Å². The second kappa shape index (κ2) is 7.41. The molecule has 1 amide bonds. The fraction of sp³-hybridized carbons (Fsp3) is 0.500. The Balaban J connectivity index is 2.31. The van der Waals surface area contributed by atoms with Crippen molar-refractivity contribution in [2.75, 3.05) is 12.3 Å². The zero-order valence-electron chi connectivity index (χ0n) is 11.4. The molecule has 0 aliphatic heterocycles. The third kappa shape index (κ3) is 5.64. The van der Waals surface area contributed by atoms with Crippen LogP contribution in [-0.4, -0.2) is 18.2 Å². The lowest BCUT2D eigenvalue weighted by atomic mass is 9.96. The summed E-state index contributed by atoms with van der Waals surface area (Å²) >= 11 is 13.9. The smallest absolute Gasteiger partial charge is 0.225 e. The maximum atomic E-state index is 11.6. The van der Waals surface area contributed by atoms with Gasteiger partial charge >= 0.3 is 0 Å². The van der Waals surface area contributed by atoms with Gasteiger partial charge in [0.15, 0.2) is 0 Å². The highest BCUT2D eigenvalue weighted by molar-refractivity contribution is 7.98. The minimum Gasteiger partial charge on any atom is -0.355 e. The fourth-order valence-electron chi connectivity index (χ4n) is 1.35. The predicted octanol–water partition coefficient (Wildman–Crippen LogP) is 4.39. The number of carbonyl (C=O) groups is 1. The molecule has 0 radical (unpaired) electrons. The quantitative estimate of drug-likeness (QED) is 0.815. The van der Waals surface area contributed by atoms with E-state index in [1.54, 1.807) is 11.8 Å². The number of hydrogen-bond acceptors (Lipinski definition) is 2. The first-order chi connectivity index (χ1) is 8.82. The number of carbonyl (C=O) groups excluding carboxylic acids is 1. The molecule has 1 aromatic carbocycles. The summed E-state index contributed by atoms with van der Waals surface area (Å²) in [5.41, 5.74) is 0.620. The number of halogens is 2. The molecule has 0 aliphatic rings. The van der Waals surface area contributed by atoms with E-state index in [1.807, 2.05) is 39.0 Å². The summed E-state index contributed by atoms with van der Waals surface area (Å²) in [6.07, 6.45) is 0. The molecule has 0 atom stereocenters. The van der Waals surface area contributed by atoms with Crippen LogP contribution in [0.1, 0.15) is 26.3 Å². The maximum Gasteiger partial charge on any atom is 0.225 e. The second-order valence-electron chi connectivity index (χ2n) is 5.26. The molecule has 19 heavy (non-hydrogen) atoms. The van der Waals surface area contributed by atoms with Crippen LogP contribution in [0.25, 0.3) is 0 Å². The zero-order valence-corrected chi connectivity index (χ0v) is 13.8. The molecule has 0 spiro atoms. The van der Waals surface area contributed by atoms with Crippen molar-refractivity contribution in [3.63, 3.8) is 0 Å². The predicted molar refractivity (Wildman–Crippen MR) is 85.1 cm³/mol. The lowest BCUT2D eigenvalue weighted by Gasteiger charge is -2.17. The van der Waals surface area contributed by atoms with Gasteiger partial charge < -0.3 is 5.32 Å². The number of hydrogen-bond donors (Lipinski definition) is 1. The lowest BCUT2D eigenvalue weighted by molar-refractivity contribution is -0.128. The molecule has 5 heteroatoms. The van der Waals surface area contributed by atoms with E-state index in [4.69, 9.17) is 23.2 Å². The van der Waals surface area contributed by atoms with E-state index in [9.17, 15) is 4.79 Å². The summed E-state index contributed by atoms with van der Waals surface area (Å²) in [5.74, 6) is 1.66. The van der Waals surface area contributed by atoms with Crippen molar-refractivity contribution in [1.29, 1.82) is 0 Å². The first kappa shape index (κ1) is 16.7. The summed E-state index contributed by atoms with van der Waals surface area (Å²) in [4.78, 5) is 11.6. The Morgan fingerprint density at radius 3 is 2.37 bits per heavy atom. The monoisotopic (exact) mass is 319 g/mol. The highest BCUT2D eigenvalue weighted by Crippen LogP contribution is 2.27. The van der Waals surface area contributed by atoms with E-state index >= 15 is 0 Å². The average molecular weight is 320 g/mol. The number of amides is 1. The molecule has 0 unspecified atom stereocenters. The van der Waals surface area contributed by atoms with Gasteiger partial charge in [-0.2, -0.15) is 11.8 Å². The molecule has 0 aromatic heterocycles. The number of rotatable bonds is 5. The minimum absolute atomic E-state index is 0.0730. The van der Waals surface area contributed by atoms with Gasteiger partial charge in [0.1, 0.15) is 0 Å². The SMILES string of the molecule is CC(C)(C)C(=O)NCCSCc1c(Cl)cccc1Cl. The standard InChI is InChI=1S/C14H19Cl2NOS/c1-14(2,3)13(18)17-7-8-19-9-10-11(15)5-4-6-12(10)16/h4-6H,7-9H2,1-3H3,(H,17,18). The Morgan fingerprint density at radius 2 is 1.84 bits per heavy atom. The van der Waals surface area contributed by atoms with Crippen molar-refractivity contribution < 1.29 is 4.79 Å². The minimum atomic E-state index is -0.337. The van der Waals surface area contributed by atoms with Crippen LogP contribution in [-0.2, 0) is 10.5 Å². The number of nitrogens with one attached hydrogen (secondary N) is 1. The topological polar surface area (TPSA) is 29.1 Å². The van der Waals surface area contributed by atoms with Crippen LogP contribution in [0.3, 0.4) is 0 Å². The van der Waals surface area contributed by atoms with E-state index in [0.29, 0.717) is 16.6 Å². The molecule has 0 heterocycles. The molecule has 0 saturated carbocycles. The maximum absolute atomic E-state index is 11.6. The average Bonchev–Trinajstić information content (AvgIpc) is 2.30. The third-order valence-corrected chi connectivity index (χ3v) is 4.22. The first-order valence-electron chi connectivity index (χ1n) is 6.11. The third-order valence-electron chi connectivity index (χ3n) is 2.52. The van der Waals surface area contributed by atoms with Crippen LogP contribution in [0.15, 0.2) is 18.2 Å². The van der Waals surface area contributed by atoms with Crippen molar-refractivity contribution in [3.05, 3.63) is 33.8 Å². The molecular formula is C14H19Cl2NOS. The first-order valence-corrected chi connectivity index (χ1v) is 8.02. The molecule has 1 N–H and O–H groups in total. The van der Waals surface area contributed by atoms with Crippen LogP contribution in [0, 0.1) is 5.41 Å². The van der Waals surface area contributed by atoms with E-state index in [0.717, 1.165) is 17.1 Å². The van der Waals surface area contributed by atoms with Crippen molar-refractivity contribution in [2.24, 2.45) is 5.41 Å². The summed E-state index contributed by atoms with van der Waals surface area (Å²) in [6.45, 7) is 6.36. The van der Waals surface area contributed by atoms with E-state index in [-0.39, 0.29) is 11.3 Å². The van der Waals surface area contributed by atoms with Crippen molar-refractivity contribution in [3.8, 4) is 0 Å². The van der Waals surface area contributed by atoms with Crippen LogP contribution in [0.2, 0.25) is 10.0 Å². The van der Waals surface area contributed by atoms with Gasteiger partial charge in [0.2, 0.25) is 5.91 Å². The molecule has 2 nitrogen and oxygen atoms in total. The number of thioether (sulfide) groups is 1. The van der Waals surface area contributed by atoms with Crippen molar-refractivity contribution >= 4 is 40.9 Å². The summed E-state index contributed by atoms with van der Waals surface area (Å²) in [7, 11) is 0. The summed E-state index contributed by atoms with van der Waals surface area (Å²) < 4.78 is 0. The molecule has 0 saturated heterocycles. The Labute approximate surface area is 129 Å². The molecule has 1 aromatic rings. The lowest BCUT2D eigenvalue weighted by Crippen LogP contribution is -2.36. The largest absolute Gasteiger partial charge is 0.355 e. The Hall–Kier alpha value is -0.380.